The number of carbonyl (C=O) groups excluding carboxylic acids is 2. The molecule has 1 aromatic heterocycles. The average molecular weight is 313 g/mol. The van der Waals surface area contributed by atoms with E-state index in [4.69, 9.17) is 17.3 Å². The number of rotatable bonds is 5. The van der Waals surface area contributed by atoms with Gasteiger partial charge in [0.25, 0.3) is 0 Å². The molecule has 1 aromatic rings. The quantitative estimate of drug-likeness (QED) is 0.850. The van der Waals surface area contributed by atoms with Gasteiger partial charge in [0.1, 0.15) is 0 Å². The third kappa shape index (κ3) is 4.08. The molecule has 1 aliphatic rings. The number of hydrogen-bond donors (Lipinski definition) is 1. The summed E-state index contributed by atoms with van der Waals surface area (Å²) in [4.78, 5) is 25.9. The number of nitrogens with zero attached hydrogens (tertiary/aromatic N) is 1. The van der Waals surface area contributed by atoms with Crippen molar-refractivity contribution in [2.45, 2.75) is 31.7 Å². The molecule has 108 valence electrons. The first-order chi connectivity index (χ1) is 9.56. The second-order valence-corrected chi connectivity index (χ2v) is 6.59. The summed E-state index contributed by atoms with van der Waals surface area (Å²) in [6.45, 7) is -0.0148. The van der Waals surface area contributed by atoms with Crippen LogP contribution >= 0.6 is 22.9 Å². The van der Waals surface area contributed by atoms with Crippen LogP contribution in [0, 0.1) is 0 Å². The number of hydrogen-bond acceptors (Lipinski definition) is 3. The summed E-state index contributed by atoms with van der Waals surface area (Å²) in [7, 11) is 0. The molecular formula is C14H17ClN2O2S. The molecule has 1 fully saturated rings. The molecule has 0 aliphatic heterocycles. The summed E-state index contributed by atoms with van der Waals surface area (Å²) < 4.78 is 0.682. The highest BCUT2D eigenvalue weighted by molar-refractivity contribution is 7.17. The third-order valence-electron chi connectivity index (χ3n) is 3.36. The van der Waals surface area contributed by atoms with E-state index in [2.05, 4.69) is 0 Å². The van der Waals surface area contributed by atoms with Crippen LogP contribution in [0.5, 0.6) is 0 Å². The Morgan fingerprint density at radius 2 is 2.10 bits per heavy atom. The van der Waals surface area contributed by atoms with Gasteiger partial charge >= 0.3 is 0 Å². The maximum Gasteiger partial charge on any atom is 0.247 e. The molecule has 0 spiro atoms. The van der Waals surface area contributed by atoms with Crippen molar-refractivity contribution in [1.82, 2.24) is 4.90 Å². The Kier molecular flexibility index (Phi) is 5.20. The van der Waals surface area contributed by atoms with E-state index in [0.29, 0.717) is 4.34 Å². The molecule has 0 unspecified atom stereocenters. The van der Waals surface area contributed by atoms with Crippen LogP contribution in [0.15, 0.2) is 18.2 Å². The first-order valence-corrected chi connectivity index (χ1v) is 7.78. The minimum absolute atomic E-state index is 0.0148. The molecule has 0 bridgehead atoms. The smallest absolute Gasteiger partial charge is 0.247 e. The lowest BCUT2D eigenvalue weighted by Crippen LogP contribution is -2.43. The fourth-order valence-electron chi connectivity index (χ4n) is 2.44. The molecule has 1 heterocycles. The highest BCUT2D eigenvalue weighted by Gasteiger charge is 2.26. The van der Waals surface area contributed by atoms with Crippen molar-refractivity contribution >= 4 is 40.8 Å². The number of primary amides is 1. The molecule has 2 N–H and O–H groups in total. The van der Waals surface area contributed by atoms with E-state index in [1.54, 1.807) is 17.0 Å². The van der Waals surface area contributed by atoms with E-state index >= 15 is 0 Å². The lowest BCUT2D eigenvalue weighted by atomic mass is 10.2. The Morgan fingerprint density at radius 3 is 2.65 bits per heavy atom. The van der Waals surface area contributed by atoms with Crippen molar-refractivity contribution in [2.75, 3.05) is 6.54 Å². The number of nitrogens with two attached hydrogens (primary N) is 1. The van der Waals surface area contributed by atoms with Crippen molar-refractivity contribution in [2.24, 2.45) is 5.73 Å². The van der Waals surface area contributed by atoms with Crippen LogP contribution in [0.2, 0.25) is 4.34 Å². The number of carbonyl (C=O) groups is 2. The molecule has 20 heavy (non-hydrogen) atoms. The second-order valence-electron chi connectivity index (χ2n) is 4.85. The van der Waals surface area contributed by atoms with E-state index in [1.165, 1.54) is 17.4 Å². The predicted molar refractivity (Wildman–Crippen MR) is 81.5 cm³/mol. The molecule has 0 radical (unpaired) electrons. The Morgan fingerprint density at radius 1 is 1.40 bits per heavy atom. The van der Waals surface area contributed by atoms with Crippen LogP contribution in [0.3, 0.4) is 0 Å². The molecule has 0 saturated heterocycles. The monoisotopic (exact) mass is 312 g/mol. The molecule has 0 atom stereocenters. The van der Waals surface area contributed by atoms with Gasteiger partial charge in [-0.3, -0.25) is 9.59 Å². The maximum absolute atomic E-state index is 12.2. The maximum atomic E-state index is 12.2. The Bertz CT molecular complexity index is 521. The summed E-state index contributed by atoms with van der Waals surface area (Å²) >= 11 is 7.24. The van der Waals surface area contributed by atoms with Gasteiger partial charge in [-0.25, -0.2) is 0 Å². The van der Waals surface area contributed by atoms with Gasteiger partial charge in [0.05, 0.1) is 10.9 Å². The molecule has 1 saturated carbocycles. The van der Waals surface area contributed by atoms with Crippen molar-refractivity contribution < 1.29 is 9.59 Å². The normalized spacial score (nSPS) is 15.8. The standard InChI is InChI=1S/C14H17ClN2O2S/c15-12-7-5-11(20-12)6-8-14(19)17(9-13(16)18)10-3-1-2-4-10/h5-8,10H,1-4,9H2,(H2,16,18)/b8-6-. The van der Waals surface area contributed by atoms with Crippen molar-refractivity contribution in [1.29, 1.82) is 0 Å². The predicted octanol–water partition coefficient (Wildman–Crippen LogP) is 2.67. The molecule has 2 rings (SSSR count). The van der Waals surface area contributed by atoms with E-state index in [1.807, 2.05) is 6.07 Å². The van der Waals surface area contributed by atoms with Crippen molar-refractivity contribution in [3.63, 3.8) is 0 Å². The van der Waals surface area contributed by atoms with Gasteiger partial charge in [-0.1, -0.05) is 24.4 Å². The molecule has 4 nitrogen and oxygen atoms in total. The van der Waals surface area contributed by atoms with Gasteiger partial charge < -0.3 is 10.6 Å². The number of halogens is 1. The zero-order chi connectivity index (χ0) is 14.5. The summed E-state index contributed by atoms with van der Waals surface area (Å²) in [5.74, 6) is -0.641. The summed E-state index contributed by atoms with van der Waals surface area (Å²) in [5.41, 5.74) is 5.24. The largest absolute Gasteiger partial charge is 0.368 e. The second kappa shape index (κ2) is 6.90. The molecule has 0 aromatic carbocycles. The zero-order valence-corrected chi connectivity index (χ0v) is 12.6. The topological polar surface area (TPSA) is 63.4 Å². The van der Waals surface area contributed by atoms with Crippen molar-refractivity contribution in [3.05, 3.63) is 27.4 Å². The molecular weight excluding hydrogens is 296 g/mol. The SMILES string of the molecule is NC(=O)CN(C(=O)/C=C\c1ccc(Cl)s1)C1CCCC1. The van der Waals surface area contributed by atoms with E-state index < -0.39 is 5.91 Å². The minimum atomic E-state index is -0.474. The average Bonchev–Trinajstić information content (AvgIpc) is 3.04. The summed E-state index contributed by atoms with van der Waals surface area (Å²) in [6, 6.07) is 3.77. The van der Waals surface area contributed by atoms with Crippen LogP contribution < -0.4 is 5.73 Å². The van der Waals surface area contributed by atoms with Crippen LogP contribution in [0.25, 0.3) is 6.08 Å². The number of amides is 2. The fourth-order valence-corrected chi connectivity index (χ4v) is 3.40. The Balaban J connectivity index is 2.05. The van der Waals surface area contributed by atoms with E-state index in [-0.39, 0.29) is 18.5 Å². The van der Waals surface area contributed by atoms with Gasteiger partial charge in [0.2, 0.25) is 11.8 Å². The highest BCUT2D eigenvalue weighted by atomic mass is 35.5. The van der Waals surface area contributed by atoms with E-state index in [0.717, 1.165) is 30.6 Å². The first kappa shape index (κ1) is 15.1. The van der Waals surface area contributed by atoms with Crippen LogP contribution in [0.1, 0.15) is 30.6 Å². The van der Waals surface area contributed by atoms with Crippen LogP contribution in [0.4, 0.5) is 0 Å². The minimum Gasteiger partial charge on any atom is -0.368 e. The molecule has 6 heteroatoms. The van der Waals surface area contributed by atoms with Gasteiger partial charge in [-0.15, -0.1) is 11.3 Å². The van der Waals surface area contributed by atoms with Crippen LogP contribution in [-0.4, -0.2) is 29.3 Å². The molecule has 1 aliphatic carbocycles. The lowest BCUT2D eigenvalue weighted by Gasteiger charge is -2.26. The highest BCUT2D eigenvalue weighted by Crippen LogP contribution is 2.25. The first-order valence-electron chi connectivity index (χ1n) is 6.58. The van der Waals surface area contributed by atoms with Gasteiger partial charge in [0, 0.05) is 17.0 Å². The van der Waals surface area contributed by atoms with E-state index in [9.17, 15) is 9.59 Å². The van der Waals surface area contributed by atoms with Gasteiger partial charge in [-0.2, -0.15) is 0 Å². The fraction of sp³-hybridized carbons (Fsp3) is 0.429. The molecule has 2 amide bonds. The Hall–Kier alpha value is -1.33. The number of thiophene rings is 1. The zero-order valence-electron chi connectivity index (χ0n) is 11.0. The third-order valence-corrected chi connectivity index (χ3v) is 4.56. The lowest BCUT2D eigenvalue weighted by molar-refractivity contribution is -0.133. The van der Waals surface area contributed by atoms with Gasteiger partial charge in [0.15, 0.2) is 0 Å². The summed E-state index contributed by atoms with van der Waals surface area (Å²) in [5, 5.41) is 0. The Labute approximate surface area is 127 Å². The van der Waals surface area contributed by atoms with Gasteiger partial charge in [-0.05, 0) is 31.1 Å². The summed E-state index contributed by atoms with van der Waals surface area (Å²) in [6.07, 6.45) is 7.29. The van der Waals surface area contributed by atoms with Crippen LogP contribution in [-0.2, 0) is 9.59 Å². The van der Waals surface area contributed by atoms with Crippen molar-refractivity contribution in [3.8, 4) is 0 Å².